The van der Waals surface area contributed by atoms with Crippen LogP contribution in [-0.2, 0) is 0 Å². The van der Waals surface area contributed by atoms with Crippen LogP contribution in [0.15, 0.2) is 24.3 Å². The van der Waals surface area contributed by atoms with Crippen molar-refractivity contribution in [2.45, 2.75) is 26.3 Å². The van der Waals surface area contributed by atoms with Crippen molar-refractivity contribution in [1.82, 2.24) is 10.6 Å². The maximum Gasteiger partial charge on any atom is 0.315 e. The molecule has 0 aliphatic heterocycles. The van der Waals surface area contributed by atoms with E-state index in [0.717, 1.165) is 11.1 Å². The molecule has 0 aliphatic rings. The second-order valence-electron chi connectivity index (χ2n) is 4.13. The van der Waals surface area contributed by atoms with E-state index in [1.807, 2.05) is 38.1 Å². The summed E-state index contributed by atoms with van der Waals surface area (Å²) in [5.41, 5.74) is 1.89. The van der Waals surface area contributed by atoms with Gasteiger partial charge in [0.15, 0.2) is 0 Å². The predicted octanol–water partition coefficient (Wildman–Crippen LogP) is 1.80. The van der Waals surface area contributed by atoms with Gasteiger partial charge in [0.05, 0.1) is 12.6 Å². The second kappa shape index (κ2) is 8.17. The number of hydrogen-bond acceptors (Lipinski definition) is 2. The fourth-order valence-corrected chi connectivity index (χ4v) is 1.60. The number of benzene rings is 1. The maximum absolute atomic E-state index is 11.4. The summed E-state index contributed by atoms with van der Waals surface area (Å²) in [5.74, 6) is 5.86. The molecule has 0 saturated carbocycles. The molecule has 0 radical (unpaired) electrons. The van der Waals surface area contributed by atoms with E-state index < -0.39 is 0 Å². The molecule has 1 atom stereocenters. The van der Waals surface area contributed by atoms with E-state index in [0.29, 0.717) is 13.0 Å². The highest BCUT2D eigenvalue weighted by Gasteiger charge is 2.08. The molecule has 2 amide bonds. The van der Waals surface area contributed by atoms with Crippen molar-refractivity contribution in [2.24, 2.45) is 0 Å². The smallest absolute Gasteiger partial charge is 0.315 e. The molecule has 0 bridgehead atoms. The lowest BCUT2D eigenvalue weighted by atomic mass is 10.1. The molecule has 4 nitrogen and oxygen atoms in total. The average molecular weight is 260 g/mol. The van der Waals surface area contributed by atoms with Gasteiger partial charge in [-0.05, 0) is 31.5 Å². The number of hydrogen-bond donors (Lipinski definition) is 3. The summed E-state index contributed by atoms with van der Waals surface area (Å²) < 4.78 is 0. The fraction of sp³-hybridized carbons (Fsp3) is 0.400. The summed E-state index contributed by atoms with van der Waals surface area (Å²) in [6, 6.07) is 7.47. The Morgan fingerprint density at radius 2 is 2.26 bits per heavy atom. The van der Waals surface area contributed by atoms with Crippen molar-refractivity contribution in [3.8, 4) is 11.8 Å². The lowest BCUT2D eigenvalue weighted by Crippen LogP contribution is -2.36. The number of urea groups is 1. The molecule has 0 aliphatic carbocycles. The zero-order valence-electron chi connectivity index (χ0n) is 11.4. The summed E-state index contributed by atoms with van der Waals surface area (Å²) in [7, 11) is 0. The van der Waals surface area contributed by atoms with Crippen LogP contribution in [0.3, 0.4) is 0 Å². The zero-order valence-corrected chi connectivity index (χ0v) is 11.4. The van der Waals surface area contributed by atoms with Gasteiger partial charge in [-0.1, -0.05) is 24.0 Å². The van der Waals surface area contributed by atoms with Crippen molar-refractivity contribution in [3.05, 3.63) is 35.4 Å². The van der Waals surface area contributed by atoms with Gasteiger partial charge in [-0.25, -0.2) is 4.79 Å². The molecule has 1 rings (SSSR count). The van der Waals surface area contributed by atoms with Crippen molar-refractivity contribution in [3.63, 3.8) is 0 Å². The van der Waals surface area contributed by atoms with E-state index in [1.54, 1.807) is 0 Å². The first-order chi connectivity index (χ1) is 9.17. The number of amides is 2. The Morgan fingerprint density at radius 1 is 1.47 bits per heavy atom. The van der Waals surface area contributed by atoms with Gasteiger partial charge in [0.2, 0.25) is 0 Å². The molecule has 1 aromatic rings. The van der Waals surface area contributed by atoms with Crippen molar-refractivity contribution in [1.29, 1.82) is 0 Å². The van der Waals surface area contributed by atoms with Gasteiger partial charge < -0.3 is 15.7 Å². The van der Waals surface area contributed by atoms with E-state index >= 15 is 0 Å². The van der Waals surface area contributed by atoms with E-state index in [1.165, 1.54) is 0 Å². The number of rotatable bonds is 4. The van der Waals surface area contributed by atoms with Gasteiger partial charge in [0, 0.05) is 18.5 Å². The Hall–Kier alpha value is -1.99. The van der Waals surface area contributed by atoms with E-state index in [4.69, 9.17) is 5.11 Å². The first-order valence-corrected chi connectivity index (χ1v) is 6.41. The molecule has 1 aromatic carbocycles. The van der Waals surface area contributed by atoms with Gasteiger partial charge >= 0.3 is 6.03 Å². The third kappa shape index (κ3) is 5.45. The Balaban J connectivity index is 2.70. The van der Waals surface area contributed by atoms with Crippen LogP contribution >= 0.6 is 0 Å². The number of carbonyl (C=O) groups excluding carboxylic acids is 1. The topological polar surface area (TPSA) is 61.4 Å². The first-order valence-electron chi connectivity index (χ1n) is 6.41. The Kier molecular flexibility index (Phi) is 6.48. The number of aliphatic hydroxyl groups is 1. The summed E-state index contributed by atoms with van der Waals surface area (Å²) >= 11 is 0. The van der Waals surface area contributed by atoms with Crippen LogP contribution in [0.1, 0.15) is 37.4 Å². The Morgan fingerprint density at radius 3 is 2.95 bits per heavy atom. The third-order valence-corrected chi connectivity index (χ3v) is 2.54. The Bertz CT molecular complexity index is 475. The molecule has 102 valence electrons. The molecule has 4 heteroatoms. The molecule has 1 unspecified atom stereocenters. The summed E-state index contributed by atoms with van der Waals surface area (Å²) in [4.78, 5) is 11.4. The minimum Gasteiger partial charge on any atom is -0.395 e. The molecule has 0 saturated heterocycles. The quantitative estimate of drug-likeness (QED) is 0.723. The highest BCUT2D eigenvalue weighted by molar-refractivity contribution is 5.74. The van der Waals surface area contributed by atoms with Crippen molar-refractivity contribution >= 4 is 6.03 Å². The number of nitrogens with one attached hydrogen (secondary N) is 2. The molecular weight excluding hydrogens is 240 g/mol. The van der Waals surface area contributed by atoms with Crippen LogP contribution in [-0.4, -0.2) is 24.3 Å². The minimum atomic E-state index is -0.174. The fourth-order valence-electron chi connectivity index (χ4n) is 1.60. The van der Waals surface area contributed by atoms with Gasteiger partial charge in [-0.2, -0.15) is 0 Å². The lowest BCUT2D eigenvalue weighted by Gasteiger charge is -2.14. The first kappa shape index (κ1) is 15.1. The minimum absolute atomic E-state index is 0.0713. The summed E-state index contributed by atoms with van der Waals surface area (Å²) in [5, 5.41) is 14.2. The monoisotopic (exact) mass is 260 g/mol. The molecule has 0 spiro atoms. The maximum atomic E-state index is 11.4. The Labute approximate surface area is 114 Å². The van der Waals surface area contributed by atoms with Crippen molar-refractivity contribution < 1.29 is 9.90 Å². The van der Waals surface area contributed by atoms with Gasteiger partial charge in [-0.3, -0.25) is 0 Å². The van der Waals surface area contributed by atoms with Crippen LogP contribution in [0.5, 0.6) is 0 Å². The number of aliphatic hydroxyl groups excluding tert-OH is 1. The van der Waals surface area contributed by atoms with Gasteiger partial charge in [0.1, 0.15) is 0 Å². The summed E-state index contributed by atoms with van der Waals surface area (Å²) in [6.45, 7) is 4.48. The molecular formula is C15H20N2O2. The SMILES string of the molecule is CCNC(=O)NC(C)c1cccc(C#CCCO)c1. The summed E-state index contributed by atoms with van der Waals surface area (Å²) in [6.07, 6.45) is 0.469. The molecule has 0 heterocycles. The van der Waals surface area contributed by atoms with E-state index in [9.17, 15) is 4.79 Å². The third-order valence-electron chi connectivity index (χ3n) is 2.54. The highest BCUT2D eigenvalue weighted by atomic mass is 16.2. The normalized spacial score (nSPS) is 11.1. The predicted molar refractivity (Wildman–Crippen MR) is 75.6 cm³/mol. The second-order valence-corrected chi connectivity index (χ2v) is 4.13. The highest BCUT2D eigenvalue weighted by Crippen LogP contribution is 2.13. The molecule has 19 heavy (non-hydrogen) atoms. The van der Waals surface area contributed by atoms with Crippen LogP contribution in [0, 0.1) is 11.8 Å². The number of carbonyl (C=O) groups is 1. The van der Waals surface area contributed by atoms with Crippen molar-refractivity contribution in [2.75, 3.05) is 13.2 Å². The van der Waals surface area contributed by atoms with Crippen LogP contribution in [0.4, 0.5) is 4.79 Å². The largest absolute Gasteiger partial charge is 0.395 e. The average Bonchev–Trinajstić information content (AvgIpc) is 2.39. The van der Waals surface area contributed by atoms with E-state index in [-0.39, 0.29) is 18.7 Å². The molecule has 0 aromatic heterocycles. The molecule has 0 fully saturated rings. The molecule has 3 N–H and O–H groups in total. The lowest BCUT2D eigenvalue weighted by molar-refractivity contribution is 0.238. The van der Waals surface area contributed by atoms with Gasteiger partial charge in [-0.15, -0.1) is 0 Å². The van der Waals surface area contributed by atoms with E-state index in [2.05, 4.69) is 22.5 Å². The standard InChI is InChI=1S/C15H20N2O2/c1-3-16-15(19)17-12(2)14-9-6-8-13(11-14)7-4-5-10-18/h6,8-9,11-12,18H,3,5,10H2,1-2H3,(H2,16,17,19). The zero-order chi connectivity index (χ0) is 14.1. The van der Waals surface area contributed by atoms with Crippen LogP contribution in [0.2, 0.25) is 0 Å². The van der Waals surface area contributed by atoms with Crippen LogP contribution in [0.25, 0.3) is 0 Å². The van der Waals surface area contributed by atoms with Gasteiger partial charge in [0.25, 0.3) is 0 Å². The van der Waals surface area contributed by atoms with Crippen LogP contribution < -0.4 is 10.6 Å².